The van der Waals surface area contributed by atoms with E-state index in [4.69, 9.17) is 0 Å². The normalized spacial score (nSPS) is 10.8. The first-order valence-corrected chi connectivity index (χ1v) is 11.8. The maximum absolute atomic E-state index is 10.00. The summed E-state index contributed by atoms with van der Waals surface area (Å²) in [5.41, 5.74) is 4.27. The van der Waals surface area contributed by atoms with E-state index in [1.807, 2.05) is 78.1 Å². The third-order valence-electron chi connectivity index (χ3n) is 4.41. The van der Waals surface area contributed by atoms with E-state index in [-0.39, 0.29) is 5.76 Å². The quantitative estimate of drug-likeness (QED) is 0.182. The van der Waals surface area contributed by atoms with Crippen LogP contribution in [0.5, 0.6) is 0 Å². The van der Waals surface area contributed by atoms with Gasteiger partial charge in [-0.1, -0.05) is 75.2 Å². The van der Waals surface area contributed by atoms with Gasteiger partial charge in [-0.25, -0.2) is 4.68 Å². The standard InChI is InChI=1S/C15H12N2O.C10H13.ClH.Ru/c18-15(12-6-2-1-3-7-12)11-17-10-13-8-4-5-9-14(13)16-17;1-8(2)10-6-4-9(3)5-7-10;;/h1-11,18H;4,6-8H,1-3H3;1H;/q;-1;;+2/p-1. The van der Waals surface area contributed by atoms with Crippen LogP contribution in [-0.2, 0) is 17.3 Å². The third-order valence-corrected chi connectivity index (χ3v) is 4.41. The summed E-state index contributed by atoms with van der Waals surface area (Å²) < 4.78 is 1.63. The maximum atomic E-state index is 10.00. The Morgan fingerprint density at radius 1 is 1.03 bits per heavy atom. The molecule has 0 amide bonds. The minimum atomic E-state index is 0.198. The Balaban J connectivity index is 0.000000228. The Labute approximate surface area is 192 Å². The fourth-order valence-corrected chi connectivity index (χ4v) is 2.73. The van der Waals surface area contributed by atoms with E-state index in [1.165, 1.54) is 11.1 Å². The van der Waals surface area contributed by atoms with Gasteiger partial charge in [0.1, 0.15) is 5.76 Å². The zero-order valence-electron chi connectivity index (χ0n) is 17.2. The SMILES string of the molecule is Cc1[c-]cc(C(C)C)cc1.OC(=Cn1cc2ccccc2n1)c1ccccc1.[Cl][Ru+]. The molecule has 0 radical (unpaired) electrons. The van der Waals surface area contributed by atoms with Crippen LogP contribution in [0.1, 0.15) is 36.5 Å². The second kappa shape index (κ2) is 12.3. The summed E-state index contributed by atoms with van der Waals surface area (Å²) in [5, 5.41) is 15.4. The average Bonchev–Trinajstić information content (AvgIpc) is 3.19. The number of aliphatic hydroxyl groups excluding tert-OH is 1. The van der Waals surface area contributed by atoms with Crippen LogP contribution in [0.25, 0.3) is 22.9 Å². The molecular weight excluding hydrogens is 481 g/mol. The number of hydrogen-bond donors (Lipinski definition) is 1. The van der Waals surface area contributed by atoms with Crippen molar-refractivity contribution in [3.63, 3.8) is 0 Å². The van der Waals surface area contributed by atoms with Crippen molar-refractivity contribution >= 4 is 32.6 Å². The molecule has 0 aliphatic heterocycles. The molecule has 3 nitrogen and oxygen atoms in total. The summed E-state index contributed by atoms with van der Waals surface area (Å²) in [5.74, 6) is 0.820. The molecule has 0 unspecified atom stereocenters. The zero-order valence-corrected chi connectivity index (χ0v) is 19.7. The van der Waals surface area contributed by atoms with Gasteiger partial charge in [-0.15, -0.1) is 0 Å². The van der Waals surface area contributed by atoms with E-state index in [2.05, 4.69) is 59.8 Å². The van der Waals surface area contributed by atoms with Crippen LogP contribution in [0.2, 0.25) is 0 Å². The van der Waals surface area contributed by atoms with E-state index in [9.17, 15) is 5.11 Å². The molecule has 4 aromatic rings. The molecule has 0 fully saturated rings. The Morgan fingerprint density at radius 3 is 2.30 bits per heavy atom. The van der Waals surface area contributed by atoms with Crippen molar-refractivity contribution in [2.75, 3.05) is 0 Å². The molecule has 0 atom stereocenters. The Kier molecular flexibility index (Phi) is 9.80. The average molecular weight is 506 g/mol. The fourth-order valence-electron chi connectivity index (χ4n) is 2.73. The van der Waals surface area contributed by atoms with Crippen molar-refractivity contribution < 1.29 is 22.4 Å². The first-order valence-electron chi connectivity index (χ1n) is 9.54. The Hall–Kier alpha value is -2.42. The number of rotatable bonds is 3. The summed E-state index contributed by atoms with van der Waals surface area (Å²) in [4.78, 5) is 0. The number of aryl methyl sites for hydroxylation is 1. The van der Waals surface area contributed by atoms with Gasteiger partial charge in [0.25, 0.3) is 0 Å². The summed E-state index contributed by atoms with van der Waals surface area (Å²) in [6.07, 6.45) is 3.49. The number of nitrogens with zero attached hydrogens (tertiary/aromatic N) is 2. The molecule has 1 aromatic heterocycles. The fraction of sp³-hybridized carbons (Fsp3) is 0.160. The monoisotopic (exact) mass is 506 g/mol. The molecule has 0 saturated heterocycles. The van der Waals surface area contributed by atoms with Gasteiger partial charge < -0.3 is 5.11 Å². The van der Waals surface area contributed by atoms with Gasteiger partial charge in [0, 0.05) is 17.1 Å². The summed E-state index contributed by atoms with van der Waals surface area (Å²) in [6.45, 7) is 6.45. The van der Waals surface area contributed by atoms with Crippen LogP contribution >= 0.6 is 9.69 Å². The predicted molar refractivity (Wildman–Crippen MR) is 123 cm³/mol. The molecule has 4 rings (SSSR count). The van der Waals surface area contributed by atoms with Crippen molar-refractivity contribution in [3.05, 3.63) is 102 Å². The molecule has 1 heterocycles. The second-order valence-electron chi connectivity index (χ2n) is 7.01. The molecule has 0 bridgehead atoms. The van der Waals surface area contributed by atoms with Gasteiger partial charge in [0.05, 0.1) is 11.7 Å². The first kappa shape index (κ1) is 23.9. The Morgan fingerprint density at radius 2 is 1.70 bits per heavy atom. The first-order chi connectivity index (χ1) is 14.5. The van der Waals surface area contributed by atoms with E-state index in [0.29, 0.717) is 5.92 Å². The van der Waals surface area contributed by atoms with E-state index in [1.54, 1.807) is 10.9 Å². The van der Waals surface area contributed by atoms with Gasteiger partial charge in [0.15, 0.2) is 0 Å². The van der Waals surface area contributed by atoms with Gasteiger partial charge in [-0.05, 0) is 6.07 Å². The molecule has 5 heteroatoms. The topological polar surface area (TPSA) is 38.0 Å². The third kappa shape index (κ3) is 7.12. The van der Waals surface area contributed by atoms with Crippen molar-refractivity contribution in [3.8, 4) is 0 Å². The van der Waals surface area contributed by atoms with Crippen LogP contribution in [0.3, 0.4) is 0 Å². The van der Waals surface area contributed by atoms with Crippen LogP contribution in [0.15, 0.2) is 79.0 Å². The molecule has 3 aromatic carbocycles. The minimum absolute atomic E-state index is 0.198. The molecule has 156 valence electrons. The van der Waals surface area contributed by atoms with E-state index >= 15 is 0 Å². The van der Waals surface area contributed by atoms with Crippen LogP contribution in [0.4, 0.5) is 0 Å². The Bertz CT molecular complexity index is 1020. The summed E-state index contributed by atoms with van der Waals surface area (Å²) in [6, 6.07) is 26.8. The van der Waals surface area contributed by atoms with E-state index < -0.39 is 0 Å². The van der Waals surface area contributed by atoms with Gasteiger partial charge in [-0.2, -0.15) is 40.5 Å². The second-order valence-corrected chi connectivity index (χ2v) is 7.01. The van der Waals surface area contributed by atoms with Crippen molar-refractivity contribution in [1.29, 1.82) is 0 Å². The molecule has 30 heavy (non-hydrogen) atoms. The van der Waals surface area contributed by atoms with Crippen LogP contribution < -0.4 is 0 Å². The molecule has 0 saturated carbocycles. The number of hydrogen-bond acceptors (Lipinski definition) is 2. The summed E-state index contributed by atoms with van der Waals surface area (Å²) >= 11 is 1.82. The van der Waals surface area contributed by atoms with Crippen molar-refractivity contribution in [2.45, 2.75) is 26.7 Å². The molecule has 0 aliphatic rings. The number of aromatic nitrogens is 2. The molecule has 0 spiro atoms. The van der Waals surface area contributed by atoms with Crippen LogP contribution in [0, 0.1) is 13.0 Å². The number of aliphatic hydroxyl groups is 1. The molecular formula is C25H25ClN2ORu. The van der Waals surface area contributed by atoms with Crippen molar-refractivity contribution in [1.82, 2.24) is 9.78 Å². The van der Waals surface area contributed by atoms with Gasteiger partial charge in [0.2, 0.25) is 0 Å². The van der Waals surface area contributed by atoms with E-state index in [0.717, 1.165) is 16.5 Å². The number of benzene rings is 3. The van der Waals surface area contributed by atoms with Gasteiger partial charge in [-0.3, -0.25) is 0 Å². The van der Waals surface area contributed by atoms with Gasteiger partial charge >= 0.3 is 27.0 Å². The number of fused-ring (bicyclic) bond motifs is 1. The molecule has 0 aliphatic carbocycles. The van der Waals surface area contributed by atoms with Crippen LogP contribution in [-0.4, -0.2) is 14.9 Å². The zero-order chi connectivity index (χ0) is 21.9. The molecule has 1 N–H and O–H groups in total. The number of halogens is 1. The predicted octanol–water partition coefficient (Wildman–Crippen LogP) is 7.16. The summed E-state index contributed by atoms with van der Waals surface area (Å²) in [7, 11) is 4.57. The van der Waals surface area contributed by atoms with Crippen molar-refractivity contribution in [2.24, 2.45) is 0 Å².